The molecule has 2 N–H and O–H groups in total. The van der Waals surface area contributed by atoms with E-state index < -0.39 is 6.04 Å². The topological polar surface area (TPSA) is 58.2 Å². The second-order valence-electron chi connectivity index (χ2n) is 6.06. The lowest BCUT2D eigenvalue weighted by Gasteiger charge is -2.23. The Morgan fingerprint density at radius 2 is 1.76 bits per heavy atom. The fraction of sp³-hybridized carbons (Fsp3) is 0.500. The Hall–Kier alpha value is -1.49. The van der Waals surface area contributed by atoms with Gasteiger partial charge in [0.25, 0.3) is 5.91 Å². The van der Waals surface area contributed by atoms with Crippen LogP contribution >= 0.6 is 11.8 Å². The average Bonchev–Trinajstić information content (AvgIpc) is 2.37. The van der Waals surface area contributed by atoms with Crippen molar-refractivity contribution >= 4 is 23.6 Å². The van der Waals surface area contributed by atoms with Crippen molar-refractivity contribution in [3.05, 3.63) is 35.4 Å². The minimum absolute atomic E-state index is 0.185. The van der Waals surface area contributed by atoms with Crippen LogP contribution < -0.4 is 10.6 Å². The molecular weight excluding hydrogens is 284 g/mol. The summed E-state index contributed by atoms with van der Waals surface area (Å²) in [7, 11) is 0. The summed E-state index contributed by atoms with van der Waals surface area (Å²) >= 11 is 1.74. The maximum absolute atomic E-state index is 12.1. The van der Waals surface area contributed by atoms with Gasteiger partial charge in [-0.3, -0.25) is 9.59 Å². The third-order valence-corrected chi connectivity index (χ3v) is 3.39. The molecule has 5 heteroatoms. The summed E-state index contributed by atoms with van der Waals surface area (Å²) in [5, 5.41) is 5.56. The lowest BCUT2D eigenvalue weighted by molar-refractivity contribution is -0.124. The number of thioether (sulfide) groups is 1. The molecule has 2 amide bonds. The molecule has 1 rings (SSSR count). The standard InChI is InChI=1S/C16H24N2O2S/c1-11(14(19)18-16(2,3)4)17-15(20)13-8-6-12(7-9-13)10-21-5/h6-9,11H,10H2,1-5H3,(H,17,20)(H,18,19). The SMILES string of the molecule is CSCc1ccc(C(=O)NC(C)C(=O)NC(C)(C)C)cc1. The summed E-state index contributed by atoms with van der Waals surface area (Å²) in [6.45, 7) is 7.40. The van der Waals surface area contributed by atoms with Gasteiger partial charge in [-0.25, -0.2) is 0 Å². The van der Waals surface area contributed by atoms with E-state index in [0.29, 0.717) is 5.56 Å². The lowest BCUT2D eigenvalue weighted by atomic mass is 10.1. The highest BCUT2D eigenvalue weighted by Gasteiger charge is 2.21. The number of benzene rings is 1. The molecular formula is C16H24N2O2S. The predicted molar refractivity (Wildman–Crippen MR) is 88.5 cm³/mol. The monoisotopic (exact) mass is 308 g/mol. The molecule has 0 aliphatic carbocycles. The fourth-order valence-electron chi connectivity index (χ4n) is 1.74. The molecule has 1 aromatic rings. The first kappa shape index (κ1) is 17.6. The molecule has 21 heavy (non-hydrogen) atoms. The van der Waals surface area contributed by atoms with Gasteiger partial charge in [0.15, 0.2) is 0 Å². The molecule has 116 valence electrons. The molecule has 0 heterocycles. The summed E-state index contributed by atoms with van der Waals surface area (Å²) in [5.41, 5.74) is 1.43. The number of carbonyl (C=O) groups excluding carboxylic acids is 2. The maximum Gasteiger partial charge on any atom is 0.251 e. The zero-order valence-electron chi connectivity index (χ0n) is 13.3. The summed E-state index contributed by atoms with van der Waals surface area (Å²) in [6, 6.07) is 6.88. The molecule has 1 unspecified atom stereocenters. The van der Waals surface area contributed by atoms with Gasteiger partial charge in [0, 0.05) is 16.9 Å². The van der Waals surface area contributed by atoms with E-state index in [1.54, 1.807) is 30.8 Å². The molecule has 1 atom stereocenters. The average molecular weight is 308 g/mol. The number of hydrogen-bond donors (Lipinski definition) is 2. The molecule has 1 aromatic carbocycles. The van der Waals surface area contributed by atoms with Gasteiger partial charge in [-0.1, -0.05) is 12.1 Å². The molecule has 0 fully saturated rings. The highest BCUT2D eigenvalue weighted by Crippen LogP contribution is 2.10. The Balaban J connectivity index is 2.61. The summed E-state index contributed by atoms with van der Waals surface area (Å²) in [5.74, 6) is 0.504. The van der Waals surface area contributed by atoms with E-state index in [2.05, 4.69) is 10.6 Å². The van der Waals surface area contributed by atoms with Gasteiger partial charge in [-0.05, 0) is 51.6 Å². The maximum atomic E-state index is 12.1. The Morgan fingerprint density at radius 1 is 1.19 bits per heavy atom. The van der Waals surface area contributed by atoms with E-state index in [4.69, 9.17) is 0 Å². The van der Waals surface area contributed by atoms with Crippen molar-refractivity contribution in [1.29, 1.82) is 0 Å². The number of nitrogens with one attached hydrogen (secondary N) is 2. The predicted octanol–water partition coefficient (Wildman–Crippen LogP) is 2.58. The van der Waals surface area contributed by atoms with Crippen LogP contribution in [0.3, 0.4) is 0 Å². The molecule has 0 bridgehead atoms. The molecule has 0 radical (unpaired) electrons. The van der Waals surface area contributed by atoms with Crippen LogP contribution in [-0.2, 0) is 10.5 Å². The van der Waals surface area contributed by atoms with Gasteiger partial charge in [0.2, 0.25) is 5.91 Å². The van der Waals surface area contributed by atoms with Crippen molar-refractivity contribution in [2.45, 2.75) is 45.0 Å². The van der Waals surface area contributed by atoms with Gasteiger partial charge in [0.05, 0.1) is 0 Å². The second-order valence-corrected chi connectivity index (χ2v) is 6.93. The van der Waals surface area contributed by atoms with Crippen molar-refractivity contribution < 1.29 is 9.59 Å². The number of hydrogen-bond acceptors (Lipinski definition) is 3. The van der Waals surface area contributed by atoms with E-state index in [9.17, 15) is 9.59 Å². The zero-order valence-corrected chi connectivity index (χ0v) is 14.1. The van der Waals surface area contributed by atoms with Crippen LogP contribution in [0, 0.1) is 0 Å². The van der Waals surface area contributed by atoms with E-state index in [0.717, 1.165) is 5.75 Å². The lowest BCUT2D eigenvalue weighted by Crippen LogP contribution is -2.50. The number of rotatable bonds is 5. The van der Waals surface area contributed by atoms with Crippen LogP contribution in [0.2, 0.25) is 0 Å². The minimum atomic E-state index is -0.567. The van der Waals surface area contributed by atoms with Gasteiger partial charge in [-0.15, -0.1) is 0 Å². The minimum Gasteiger partial charge on any atom is -0.350 e. The molecule has 0 aliphatic rings. The van der Waals surface area contributed by atoms with E-state index >= 15 is 0 Å². The zero-order chi connectivity index (χ0) is 16.0. The van der Waals surface area contributed by atoms with Crippen molar-refractivity contribution in [1.82, 2.24) is 10.6 Å². The van der Waals surface area contributed by atoms with E-state index in [-0.39, 0.29) is 17.4 Å². The Morgan fingerprint density at radius 3 is 2.24 bits per heavy atom. The highest BCUT2D eigenvalue weighted by atomic mass is 32.2. The van der Waals surface area contributed by atoms with Crippen LogP contribution in [0.4, 0.5) is 0 Å². The van der Waals surface area contributed by atoms with Crippen molar-refractivity contribution in [2.24, 2.45) is 0 Å². The third-order valence-electron chi connectivity index (χ3n) is 2.77. The van der Waals surface area contributed by atoms with Crippen molar-refractivity contribution in [3.63, 3.8) is 0 Å². The molecule has 4 nitrogen and oxygen atoms in total. The quantitative estimate of drug-likeness (QED) is 0.879. The van der Waals surface area contributed by atoms with Crippen molar-refractivity contribution in [3.8, 4) is 0 Å². The summed E-state index contributed by atoms with van der Waals surface area (Å²) in [6.07, 6.45) is 2.04. The van der Waals surface area contributed by atoms with Gasteiger partial charge in [-0.2, -0.15) is 11.8 Å². The van der Waals surface area contributed by atoms with Crippen LogP contribution in [0.25, 0.3) is 0 Å². The number of carbonyl (C=O) groups is 2. The smallest absolute Gasteiger partial charge is 0.251 e. The summed E-state index contributed by atoms with van der Waals surface area (Å²) in [4.78, 5) is 24.0. The van der Waals surface area contributed by atoms with E-state index in [1.165, 1.54) is 5.56 Å². The largest absolute Gasteiger partial charge is 0.350 e. The van der Waals surface area contributed by atoms with Crippen LogP contribution in [0.5, 0.6) is 0 Å². The Bertz CT molecular complexity index is 492. The van der Waals surface area contributed by atoms with E-state index in [1.807, 2.05) is 39.2 Å². The number of amides is 2. The molecule has 0 saturated carbocycles. The van der Waals surface area contributed by atoms with Crippen LogP contribution in [0.15, 0.2) is 24.3 Å². The van der Waals surface area contributed by atoms with Gasteiger partial charge in [0.1, 0.15) is 6.04 Å². The second kappa shape index (κ2) is 7.50. The fourth-order valence-corrected chi connectivity index (χ4v) is 2.27. The Kier molecular flexibility index (Phi) is 6.27. The van der Waals surface area contributed by atoms with Crippen molar-refractivity contribution in [2.75, 3.05) is 6.26 Å². The first-order chi connectivity index (χ1) is 9.73. The van der Waals surface area contributed by atoms with Crippen LogP contribution in [-0.4, -0.2) is 29.7 Å². The molecule has 0 saturated heterocycles. The highest BCUT2D eigenvalue weighted by molar-refractivity contribution is 7.97. The normalized spacial score (nSPS) is 12.6. The van der Waals surface area contributed by atoms with Gasteiger partial charge >= 0.3 is 0 Å². The Labute approximate surface area is 131 Å². The first-order valence-corrected chi connectivity index (χ1v) is 8.33. The first-order valence-electron chi connectivity index (χ1n) is 6.93. The molecule has 0 aromatic heterocycles. The third kappa shape index (κ3) is 6.21. The summed E-state index contributed by atoms with van der Waals surface area (Å²) < 4.78 is 0. The van der Waals surface area contributed by atoms with Gasteiger partial charge < -0.3 is 10.6 Å². The molecule has 0 aliphatic heterocycles. The molecule has 0 spiro atoms. The van der Waals surface area contributed by atoms with Crippen LogP contribution in [0.1, 0.15) is 43.6 Å².